The fourth-order valence-electron chi connectivity index (χ4n) is 4.44. The zero-order valence-electron chi connectivity index (χ0n) is 10.3. The SMILES string of the molecule is NCCCC1C(CN)C2CC(CCN)C1C2. The second-order valence-electron chi connectivity index (χ2n) is 5.73. The van der Waals surface area contributed by atoms with E-state index in [4.69, 9.17) is 17.2 Å². The lowest BCUT2D eigenvalue weighted by Gasteiger charge is -2.35. The van der Waals surface area contributed by atoms with Gasteiger partial charge in [0.15, 0.2) is 0 Å². The molecule has 0 radical (unpaired) electrons. The van der Waals surface area contributed by atoms with Gasteiger partial charge in [0.05, 0.1) is 0 Å². The van der Waals surface area contributed by atoms with Crippen LogP contribution in [0.3, 0.4) is 0 Å². The molecule has 2 rings (SSSR count). The zero-order chi connectivity index (χ0) is 11.5. The Morgan fingerprint density at radius 2 is 1.69 bits per heavy atom. The molecular formula is C13H27N3. The normalized spacial score (nSPS) is 41.8. The number of hydrogen-bond acceptors (Lipinski definition) is 3. The molecule has 0 amide bonds. The molecule has 0 aromatic carbocycles. The highest BCUT2D eigenvalue weighted by molar-refractivity contribution is 5.00. The zero-order valence-corrected chi connectivity index (χ0v) is 10.3. The van der Waals surface area contributed by atoms with Gasteiger partial charge in [-0.3, -0.25) is 0 Å². The minimum Gasteiger partial charge on any atom is -0.330 e. The topological polar surface area (TPSA) is 78.1 Å². The Kier molecular flexibility index (Phi) is 4.22. The molecule has 2 aliphatic rings. The summed E-state index contributed by atoms with van der Waals surface area (Å²) < 4.78 is 0. The summed E-state index contributed by atoms with van der Waals surface area (Å²) in [7, 11) is 0. The van der Waals surface area contributed by atoms with Crippen LogP contribution in [0.25, 0.3) is 0 Å². The highest BCUT2D eigenvalue weighted by Crippen LogP contribution is 2.57. The lowest BCUT2D eigenvalue weighted by molar-refractivity contribution is 0.150. The van der Waals surface area contributed by atoms with Crippen molar-refractivity contribution in [1.29, 1.82) is 0 Å². The molecule has 0 spiro atoms. The van der Waals surface area contributed by atoms with Crippen LogP contribution >= 0.6 is 0 Å². The van der Waals surface area contributed by atoms with Crippen LogP contribution in [-0.4, -0.2) is 19.6 Å². The summed E-state index contributed by atoms with van der Waals surface area (Å²) in [4.78, 5) is 0. The third-order valence-corrected chi connectivity index (χ3v) is 5.04. The van der Waals surface area contributed by atoms with Gasteiger partial charge in [0, 0.05) is 0 Å². The van der Waals surface area contributed by atoms with Crippen LogP contribution in [0.4, 0.5) is 0 Å². The lowest BCUT2D eigenvalue weighted by Crippen LogP contribution is -2.34. The van der Waals surface area contributed by atoms with Crippen LogP contribution in [0, 0.1) is 29.6 Å². The summed E-state index contributed by atoms with van der Waals surface area (Å²) in [5.74, 6) is 4.33. The fourth-order valence-corrected chi connectivity index (χ4v) is 4.44. The van der Waals surface area contributed by atoms with Gasteiger partial charge in [0.2, 0.25) is 0 Å². The van der Waals surface area contributed by atoms with E-state index in [0.29, 0.717) is 0 Å². The van der Waals surface area contributed by atoms with Crippen LogP contribution in [-0.2, 0) is 0 Å². The molecule has 5 atom stereocenters. The van der Waals surface area contributed by atoms with Crippen LogP contribution in [0.15, 0.2) is 0 Å². The van der Waals surface area contributed by atoms with Gasteiger partial charge < -0.3 is 17.2 Å². The maximum Gasteiger partial charge on any atom is -0.00435 e. The Morgan fingerprint density at radius 3 is 2.31 bits per heavy atom. The first kappa shape index (κ1) is 12.3. The van der Waals surface area contributed by atoms with Crippen molar-refractivity contribution in [2.45, 2.75) is 32.1 Å². The molecular weight excluding hydrogens is 198 g/mol. The van der Waals surface area contributed by atoms with Gasteiger partial charge in [0.25, 0.3) is 0 Å². The van der Waals surface area contributed by atoms with Gasteiger partial charge in [-0.2, -0.15) is 0 Å². The van der Waals surface area contributed by atoms with Crippen LogP contribution in [0.5, 0.6) is 0 Å². The first-order valence-electron chi connectivity index (χ1n) is 6.92. The summed E-state index contributed by atoms with van der Waals surface area (Å²) in [6.07, 6.45) is 6.49. The van der Waals surface area contributed by atoms with Crippen molar-refractivity contribution in [1.82, 2.24) is 0 Å². The number of nitrogens with two attached hydrogens (primary N) is 3. The first-order chi connectivity index (χ1) is 7.81. The Balaban J connectivity index is 1.97. The summed E-state index contributed by atoms with van der Waals surface area (Å²) in [6, 6.07) is 0. The molecule has 3 nitrogen and oxygen atoms in total. The van der Waals surface area contributed by atoms with Crippen molar-refractivity contribution in [3.05, 3.63) is 0 Å². The molecule has 94 valence electrons. The van der Waals surface area contributed by atoms with Crippen molar-refractivity contribution < 1.29 is 0 Å². The van der Waals surface area contributed by atoms with E-state index in [1.807, 2.05) is 0 Å². The second kappa shape index (κ2) is 5.48. The predicted octanol–water partition coefficient (Wildman–Crippen LogP) is 0.921. The third kappa shape index (κ3) is 2.13. The Labute approximate surface area is 99.1 Å². The van der Waals surface area contributed by atoms with E-state index in [9.17, 15) is 0 Å². The largest absolute Gasteiger partial charge is 0.330 e. The van der Waals surface area contributed by atoms with Crippen molar-refractivity contribution in [3.8, 4) is 0 Å². The second-order valence-corrected chi connectivity index (χ2v) is 5.73. The van der Waals surface area contributed by atoms with Crippen molar-refractivity contribution in [2.24, 2.45) is 46.8 Å². The highest BCUT2D eigenvalue weighted by Gasteiger charge is 2.50. The standard InChI is InChI=1S/C13H27N3/c14-4-1-2-11-12-7-10(13(11)8-16)6-9(12)3-5-15/h9-13H,1-8,14-16H2. The van der Waals surface area contributed by atoms with E-state index in [1.54, 1.807) is 0 Å². The van der Waals surface area contributed by atoms with E-state index >= 15 is 0 Å². The number of rotatable bonds is 6. The van der Waals surface area contributed by atoms with Crippen molar-refractivity contribution in [2.75, 3.05) is 19.6 Å². The first-order valence-corrected chi connectivity index (χ1v) is 6.92. The minimum absolute atomic E-state index is 0.783. The van der Waals surface area contributed by atoms with E-state index in [1.165, 1.54) is 32.1 Å². The maximum atomic E-state index is 5.95. The maximum absolute atomic E-state index is 5.95. The van der Waals surface area contributed by atoms with E-state index < -0.39 is 0 Å². The molecule has 5 unspecified atom stereocenters. The smallest absolute Gasteiger partial charge is 0.00435 e. The van der Waals surface area contributed by atoms with Crippen LogP contribution in [0.2, 0.25) is 0 Å². The number of fused-ring (bicyclic) bond motifs is 2. The molecule has 6 N–H and O–H groups in total. The molecule has 2 saturated carbocycles. The van der Waals surface area contributed by atoms with Crippen LogP contribution < -0.4 is 17.2 Å². The van der Waals surface area contributed by atoms with E-state index in [-0.39, 0.29) is 0 Å². The van der Waals surface area contributed by atoms with Gasteiger partial charge in [0.1, 0.15) is 0 Å². The third-order valence-electron chi connectivity index (χ3n) is 5.04. The predicted molar refractivity (Wildman–Crippen MR) is 67.7 cm³/mol. The van der Waals surface area contributed by atoms with E-state index in [2.05, 4.69) is 0 Å². The summed E-state index contributed by atoms with van der Waals surface area (Å²) in [5, 5.41) is 0. The molecule has 0 aromatic heterocycles. The molecule has 2 fully saturated rings. The molecule has 2 bridgehead atoms. The molecule has 0 aliphatic heterocycles. The average molecular weight is 225 g/mol. The Hall–Kier alpha value is -0.120. The quantitative estimate of drug-likeness (QED) is 0.629. The van der Waals surface area contributed by atoms with Crippen molar-refractivity contribution >= 4 is 0 Å². The average Bonchev–Trinajstić information content (AvgIpc) is 2.83. The molecule has 0 heterocycles. The van der Waals surface area contributed by atoms with Gasteiger partial charge in [-0.25, -0.2) is 0 Å². The van der Waals surface area contributed by atoms with E-state index in [0.717, 1.165) is 49.2 Å². The molecule has 2 aliphatic carbocycles. The highest BCUT2D eigenvalue weighted by atomic mass is 14.7. The van der Waals surface area contributed by atoms with Gasteiger partial charge >= 0.3 is 0 Å². The summed E-state index contributed by atoms with van der Waals surface area (Å²) in [6.45, 7) is 2.56. The summed E-state index contributed by atoms with van der Waals surface area (Å²) in [5.41, 5.74) is 17.3. The molecule has 16 heavy (non-hydrogen) atoms. The molecule has 3 heteroatoms. The fraction of sp³-hybridized carbons (Fsp3) is 1.00. The minimum atomic E-state index is 0.783. The van der Waals surface area contributed by atoms with Gasteiger partial charge in [-0.05, 0) is 81.3 Å². The van der Waals surface area contributed by atoms with Crippen LogP contribution in [0.1, 0.15) is 32.1 Å². The number of hydrogen-bond donors (Lipinski definition) is 3. The lowest BCUT2D eigenvalue weighted by atomic mass is 9.71. The van der Waals surface area contributed by atoms with Gasteiger partial charge in [-0.1, -0.05) is 0 Å². The Bertz CT molecular complexity index is 219. The van der Waals surface area contributed by atoms with Crippen molar-refractivity contribution in [3.63, 3.8) is 0 Å². The van der Waals surface area contributed by atoms with Gasteiger partial charge in [-0.15, -0.1) is 0 Å². The molecule has 0 saturated heterocycles. The Morgan fingerprint density at radius 1 is 0.875 bits per heavy atom. The summed E-state index contributed by atoms with van der Waals surface area (Å²) >= 11 is 0. The monoisotopic (exact) mass is 225 g/mol. The molecule has 0 aromatic rings.